The fraction of sp³-hybridized carbons (Fsp3) is 0. The summed E-state index contributed by atoms with van der Waals surface area (Å²) in [4.78, 5) is 14.7. The Labute approximate surface area is 374 Å². The zero-order valence-electron chi connectivity index (χ0n) is 35.1. The average Bonchev–Trinajstić information content (AvgIpc) is 3.77. The Hall–Kier alpha value is -8.73. The van der Waals surface area contributed by atoms with Crippen LogP contribution in [0.2, 0.25) is 0 Å². The monoisotopic (exact) mass is 827 g/mol. The second-order valence-electron chi connectivity index (χ2n) is 16.7. The van der Waals surface area contributed by atoms with Gasteiger partial charge in [0, 0.05) is 32.8 Å². The first-order valence-electron chi connectivity index (χ1n) is 22.0. The van der Waals surface area contributed by atoms with Gasteiger partial charge in [0.1, 0.15) is 11.2 Å². The molecule has 0 aliphatic heterocycles. The number of hydrogen-bond acceptors (Lipinski definition) is 4. The minimum absolute atomic E-state index is 0.636. The van der Waals surface area contributed by atoms with Crippen LogP contribution >= 0.6 is 0 Å². The van der Waals surface area contributed by atoms with Crippen molar-refractivity contribution in [3.05, 3.63) is 224 Å². The van der Waals surface area contributed by atoms with Crippen molar-refractivity contribution < 1.29 is 4.42 Å². The maximum atomic E-state index is 6.82. The fourth-order valence-corrected chi connectivity index (χ4v) is 9.72. The molecule has 0 spiro atoms. The van der Waals surface area contributed by atoms with Crippen molar-refractivity contribution in [2.75, 3.05) is 0 Å². The molecule has 0 aliphatic carbocycles. The zero-order chi connectivity index (χ0) is 42.8. The van der Waals surface area contributed by atoms with Crippen molar-refractivity contribution in [1.29, 1.82) is 0 Å². The van der Waals surface area contributed by atoms with E-state index in [2.05, 4.69) is 164 Å². The highest BCUT2D eigenvalue weighted by Crippen LogP contribution is 2.43. The average molecular weight is 828 g/mol. The summed E-state index contributed by atoms with van der Waals surface area (Å²) in [5.74, 6) is 1.93. The molecule has 13 aromatic rings. The van der Waals surface area contributed by atoms with Crippen molar-refractivity contribution in [2.24, 2.45) is 0 Å². The molecule has 0 N–H and O–H groups in total. The van der Waals surface area contributed by atoms with E-state index in [1.165, 1.54) is 48.8 Å². The van der Waals surface area contributed by atoms with E-state index in [1.54, 1.807) is 0 Å². The Bertz CT molecular complexity index is 3890. The first-order chi connectivity index (χ1) is 32.2. The summed E-state index contributed by atoms with van der Waals surface area (Å²) >= 11 is 0. The molecule has 0 aliphatic rings. The van der Waals surface area contributed by atoms with E-state index >= 15 is 0 Å². The molecular weight excluding hydrogens is 791 g/mol. The van der Waals surface area contributed by atoms with Gasteiger partial charge < -0.3 is 4.42 Å². The molecule has 0 fully saturated rings. The summed E-state index contributed by atoms with van der Waals surface area (Å²) in [5, 5.41) is 12.1. The maximum Gasteiger partial charge on any atom is 0.164 e. The predicted octanol–water partition coefficient (Wildman–Crippen LogP) is 16.4. The van der Waals surface area contributed by atoms with E-state index in [0.717, 1.165) is 66.3 Å². The number of fused-ring (bicyclic) bond motifs is 11. The van der Waals surface area contributed by atoms with Crippen LogP contribution in [-0.2, 0) is 0 Å². The van der Waals surface area contributed by atoms with E-state index in [9.17, 15) is 0 Å². The number of nitrogens with zero attached hydrogens (tertiary/aromatic N) is 3. The lowest BCUT2D eigenvalue weighted by Gasteiger charge is -2.13. The molecule has 4 nitrogen and oxygen atoms in total. The third kappa shape index (κ3) is 6.26. The van der Waals surface area contributed by atoms with E-state index < -0.39 is 0 Å². The summed E-state index contributed by atoms with van der Waals surface area (Å²) in [6.45, 7) is 0. The molecule has 2 aromatic heterocycles. The Morgan fingerprint density at radius 3 is 1.26 bits per heavy atom. The van der Waals surface area contributed by atoms with Crippen molar-refractivity contribution in [3.63, 3.8) is 0 Å². The molecule has 0 bridgehead atoms. The molecule has 0 saturated heterocycles. The predicted molar refractivity (Wildman–Crippen MR) is 270 cm³/mol. The second-order valence-corrected chi connectivity index (χ2v) is 16.7. The summed E-state index contributed by atoms with van der Waals surface area (Å²) in [6, 6.07) is 79.5. The normalized spacial score (nSPS) is 11.7. The van der Waals surface area contributed by atoms with E-state index in [0.29, 0.717) is 17.5 Å². The second kappa shape index (κ2) is 15.0. The minimum atomic E-state index is 0.636. The van der Waals surface area contributed by atoms with Crippen molar-refractivity contribution in [2.45, 2.75) is 0 Å². The lowest BCUT2D eigenvalue weighted by atomic mass is 9.90. The molecule has 65 heavy (non-hydrogen) atoms. The minimum Gasteiger partial charge on any atom is -0.455 e. The van der Waals surface area contributed by atoms with Gasteiger partial charge in [-0.25, -0.2) is 15.0 Å². The number of furan rings is 1. The van der Waals surface area contributed by atoms with Crippen LogP contribution in [0.4, 0.5) is 0 Å². The van der Waals surface area contributed by atoms with Gasteiger partial charge >= 0.3 is 0 Å². The van der Waals surface area contributed by atoms with Gasteiger partial charge in [-0.1, -0.05) is 194 Å². The molecule has 13 rings (SSSR count). The number of aromatic nitrogens is 3. The van der Waals surface area contributed by atoms with Crippen LogP contribution in [0.25, 0.3) is 133 Å². The van der Waals surface area contributed by atoms with Crippen LogP contribution in [0, 0.1) is 0 Å². The largest absolute Gasteiger partial charge is 0.455 e. The molecule has 4 heteroatoms. The molecule has 2 heterocycles. The molecule has 11 aromatic carbocycles. The van der Waals surface area contributed by atoms with Gasteiger partial charge in [-0.15, -0.1) is 0 Å². The van der Waals surface area contributed by atoms with E-state index in [4.69, 9.17) is 19.4 Å². The third-order valence-electron chi connectivity index (χ3n) is 12.9. The van der Waals surface area contributed by atoms with Gasteiger partial charge in [0.25, 0.3) is 0 Å². The summed E-state index contributed by atoms with van der Waals surface area (Å²) in [7, 11) is 0. The number of rotatable bonds is 6. The molecule has 0 unspecified atom stereocenters. The van der Waals surface area contributed by atoms with Crippen molar-refractivity contribution in [1.82, 2.24) is 15.0 Å². The van der Waals surface area contributed by atoms with Crippen LogP contribution in [0.15, 0.2) is 229 Å². The Morgan fingerprint density at radius 1 is 0.231 bits per heavy atom. The van der Waals surface area contributed by atoms with Gasteiger partial charge in [-0.2, -0.15) is 0 Å². The van der Waals surface area contributed by atoms with Crippen LogP contribution in [0.3, 0.4) is 0 Å². The van der Waals surface area contributed by atoms with Crippen molar-refractivity contribution >= 4 is 65.0 Å². The quantitative estimate of drug-likeness (QED) is 0.157. The van der Waals surface area contributed by atoms with E-state index in [1.807, 2.05) is 60.7 Å². The first kappa shape index (κ1) is 36.9. The van der Waals surface area contributed by atoms with Gasteiger partial charge in [-0.05, 0) is 101 Å². The molecule has 0 atom stereocenters. The number of hydrogen-bond donors (Lipinski definition) is 0. The summed E-state index contributed by atoms with van der Waals surface area (Å²) in [6.07, 6.45) is 0. The highest BCUT2D eigenvalue weighted by molar-refractivity contribution is 6.26. The lowest BCUT2D eigenvalue weighted by molar-refractivity contribution is 0.673. The zero-order valence-corrected chi connectivity index (χ0v) is 35.1. The maximum absolute atomic E-state index is 6.82. The molecule has 0 saturated carbocycles. The van der Waals surface area contributed by atoms with Crippen LogP contribution in [0.5, 0.6) is 0 Å². The van der Waals surface area contributed by atoms with Gasteiger partial charge in [-0.3, -0.25) is 0 Å². The topological polar surface area (TPSA) is 51.8 Å². The third-order valence-corrected chi connectivity index (χ3v) is 12.9. The summed E-state index contributed by atoms with van der Waals surface area (Å²) in [5.41, 5.74) is 11.4. The summed E-state index contributed by atoms with van der Waals surface area (Å²) < 4.78 is 6.82. The molecular formula is C61H37N3O. The van der Waals surface area contributed by atoms with Crippen molar-refractivity contribution in [3.8, 4) is 67.5 Å². The van der Waals surface area contributed by atoms with Crippen LogP contribution in [0.1, 0.15) is 0 Å². The SMILES string of the molecule is c1ccc(-c2nc(-c3ccccc3)nc(-c3ccc(-c4cccc(-c5ccc6c(c5)oc5c7ccccc7c(-c7ccc8c9ccccc9c9ccccc9c8c7)cc65)c4)cc3)n2)cc1. The van der Waals surface area contributed by atoms with Crippen LogP contribution < -0.4 is 0 Å². The standard InChI is InChI=1S/C61H37N3O/c1-3-14-39(15-4-1)59-62-60(40-16-5-2-6-17-40)64-61(63-59)41-28-26-38(27-29-41)42-18-13-19-43(34-42)44-30-33-52-56-37-54(50-24-11-12-25-53(50)58(56)65-57(52)36-44)45-31-32-51-48-22-8-7-20-46(48)47-21-9-10-23-49(47)55(51)35-45/h1-37H. The number of benzene rings is 11. The Balaban J connectivity index is 0.866. The first-order valence-corrected chi connectivity index (χ1v) is 22.0. The van der Waals surface area contributed by atoms with Gasteiger partial charge in [0.05, 0.1) is 0 Å². The molecule has 0 amide bonds. The molecule has 0 radical (unpaired) electrons. The lowest BCUT2D eigenvalue weighted by Crippen LogP contribution is -2.00. The fourth-order valence-electron chi connectivity index (χ4n) is 9.72. The van der Waals surface area contributed by atoms with Gasteiger partial charge in [0.15, 0.2) is 17.5 Å². The van der Waals surface area contributed by atoms with E-state index in [-0.39, 0.29) is 0 Å². The highest BCUT2D eigenvalue weighted by atomic mass is 16.3. The van der Waals surface area contributed by atoms with Gasteiger partial charge in [0.2, 0.25) is 0 Å². The van der Waals surface area contributed by atoms with Crippen LogP contribution in [-0.4, -0.2) is 15.0 Å². The molecule has 302 valence electrons. The Kier molecular flexibility index (Phi) is 8.50. The smallest absolute Gasteiger partial charge is 0.164 e. The Morgan fingerprint density at radius 2 is 0.646 bits per heavy atom. The highest BCUT2D eigenvalue weighted by Gasteiger charge is 2.18.